The third-order valence-electron chi connectivity index (χ3n) is 5.49. The van der Waals surface area contributed by atoms with Crippen molar-refractivity contribution in [2.75, 3.05) is 16.8 Å². The van der Waals surface area contributed by atoms with Gasteiger partial charge in [-0.1, -0.05) is 29.8 Å². The Bertz CT molecular complexity index is 1250. The zero-order valence-corrected chi connectivity index (χ0v) is 18.9. The average Bonchev–Trinajstić information content (AvgIpc) is 2.89. The van der Waals surface area contributed by atoms with Gasteiger partial charge in [0.1, 0.15) is 12.2 Å². The summed E-state index contributed by atoms with van der Waals surface area (Å²) in [6, 6.07) is 14.9. The van der Waals surface area contributed by atoms with Crippen LogP contribution in [0, 0.1) is 20.8 Å². The first-order chi connectivity index (χ1) is 15.3. The minimum Gasteiger partial charge on any atom is -0.324 e. The molecule has 0 bridgehead atoms. The number of carbonyl (C=O) groups excluding carboxylic acids is 2. The van der Waals surface area contributed by atoms with Crippen molar-refractivity contribution in [3.63, 3.8) is 0 Å². The fourth-order valence-electron chi connectivity index (χ4n) is 3.49. The van der Waals surface area contributed by atoms with E-state index < -0.39 is 0 Å². The molecule has 32 heavy (non-hydrogen) atoms. The summed E-state index contributed by atoms with van der Waals surface area (Å²) in [7, 11) is 0. The Labute approximate surface area is 192 Å². The lowest BCUT2D eigenvalue weighted by molar-refractivity contribution is -0.120. The predicted octanol–water partition coefficient (Wildman–Crippen LogP) is 5.16. The number of nitrogens with zero attached hydrogens (tertiary/aromatic N) is 3. The first kappa shape index (κ1) is 21.7. The second-order valence-electron chi connectivity index (χ2n) is 7.87. The molecule has 2 amide bonds. The molecule has 1 aromatic heterocycles. The molecule has 6 nitrogen and oxygen atoms in total. The number of hydrogen-bond donors (Lipinski definition) is 1. The molecular formula is C25H23ClN4O2. The number of rotatable bonds is 4. The van der Waals surface area contributed by atoms with E-state index in [-0.39, 0.29) is 24.8 Å². The van der Waals surface area contributed by atoms with Crippen molar-refractivity contribution in [1.82, 2.24) is 4.98 Å². The van der Waals surface area contributed by atoms with Crippen LogP contribution in [0.4, 0.5) is 17.2 Å². The number of carbonyl (C=O) groups is 2. The van der Waals surface area contributed by atoms with Gasteiger partial charge in [-0.05, 0) is 73.4 Å². The number of aliphatic imine (C=N–C) groups is 1. The number of pyridine rings is 1. The summed E-state index contributed by atoms with van der Waals surface area (Å²) < 4.78 is 0. The summed E-state index contributed by atoms with van der Waals surface area (Å²) >= 11 is 6.15. The highest BCUT2D eigenvalue weighted by atomic mass is 35.5. The van der Waals surface area contributed by atoms with Gasteiger partial charge in [-0.15, -0.1) is 0 Å². The van der Waals surface area contributed by atoms with E-state index in [1.54, 1.807) is 30.5 Å². The van der Waals surface area contributed by atoms with Gasteiger partial charge in [0.05, 0.1) is 12.1 Å². The van der Waals surface area contributed by atoms with Crippen molar-refractivity contribution in [1.29, 1.82) is 0 Å². The largest absolute Gasteiger partial charge is 0.324 e. The number of benzene rings is 2. The minimum absolute atomic E-state index is 0.0719. The van der Waals surface area contributed by atoms with Crippen LogP contribution in [0.1, 0.15) is 28.7 Å². The normalized spacial score (nSPS) is 13.3. The van der Waals surface area contributed by atoms with Gasteiger partial charge < -0.3 is 5.32 Å². The van der Waals surface area contributed by atoms with Crippen LogP contribution in [-0.4, -0.2) is 29.1 Å². The van der Waals surface area contributed by atoms with Crippen LogP contribution in [-0.2, 0) is 9.59 Å². The number of aromatic nitrogens is 1. The lowest BCUT2D eigenvalue weighted by Gasteiger charge is -2.20. The first-order valence-corrected chi connectivity index (χ1v) is 10.7. The SMILES string of the molecule is Cc1ccc(C2=Nc3cccnc3N(CC(=O)Nc3ccc(C)c(Cl)c3)C(=O)C2)cc1C. The van der Waals surface area contributed by atoms with Crippen LogP contribution < -0.4 is 10.2 Å². The van der Waals surface area contributed by atoms with Crippen molar-refractivity contribution < 1.29 is 9.59 Å². The van der Waals surface area contributed by atoms with Crippen LogP contribution >= 0.6 is 11.6 Å². The first-order valence-electron chi connectivity index (χ1n) is 10.3. The van der Waals surface area contributed by atoms with E-state index in [1.807, 2.05) is 45.0 Å². The summed E-state index contributed by atoms with van der Waals surface area (Å²) in [5, 5.41) is 3.37. The highest BCUT2D eigenvalue weighted by Gasteiger charge is 2.28. The number of fused-ring (bicyclic) bond motifs is 1. The summed E-state index contributed by atoms with van der Waals surface area (Å²) in [4.78, 5) is 36.4. The maximum absolute atomic E-state index is 13.2. The molecule has 1 aliphatic heterocycles. The van der Waals surface area contributed by atoms with Gasteiger partial charge in [0.15, 0.2) is 5.82 Å². The molecule has 2 aromatic carbocycles. The molecule has 0 spiro atoms. The third kappa shape index (κ3) is 4.55. The molecule has 2 heterocycles. The van der Waals surface area contributed by atoms with Crippen LogP contribution in [0.5, 0.6) is 0 Å². The quantitative estimate of drug-likeness (QED) is 0.601. The number of anilines is 2. The fourth-order valence-corrected chi connectivity index (χ4v) is 3.67. The predicted molar refractivity (Wildman–Crippen MR) is 128 cm³/mol. The zero-order valence-electron chi connectivity index (χ0n) is 18.1. The molecule has 3 aromatic rings. The molecule has 4 rings (SSSR count). The van der Waals surface area contributed by atoms with Gasteiger partial charge in [0, 0.05) is 16.9 Å². The highest BCUT2D eigenvalue weighted by Crippen LogP contribution is 2.31. The molecule has 0 aliphatic carbocycles. The highest BCUT2D eigenvalue weighted by molar-refractivity contribution is 6.31. The number of halogens is 1. The molecule has 1 N–H and O–H groups in total. The smallest absolute Gasteiger partial charge is 0.244 e. The Balaban J connectivity index is 1.61. The van der Waals surface area contributed by atoms with E-state index in [0.29, 0.717) is 27.9 Å². The molecule has 1 aliphatic rings. The Kier molecular flexibility index (Phi) is 6.06. The maximum Gasteiger partial charge on any atom is 0.244 e. The van der Waals surface area contributed by atoms with Crippen molar-refractivity contribution in [2.45, 2.75) is 27.2 Å². The topological polar surface area (TPSA) is 74.7 Å². The number of aryl methyl sites for hydroxylation is 3. The number of nitrogens with one attached hydrogen (secondary N) is 1. The van der Waals surface area contributed by atoms with Gasteiger partial charge in [-0.2, -0.15) is 0 Å². The van der Waals surface area contributed by atoms with Crippen molar-refractivity contribution >= 4 is 46.3 Å². The second kappa shape index (κ2) is 8.93. The van der Waals surface area contributed by atoms with Gasteiger partial charge >= 0.3 is 0 Å². The van der Waals surface area contributed by atoms with E-state index >= 15 is 0 Å². The van der Waals surface area contributed by atoms with Crippen LogP contribution in [0.3, 0.4) is 0 Å². The molecular weight excluding hydrogens is 424 g/mol. The minimum atomic E-state index is -0.343. The Morgan fingerprint density at radius 2 is 1.84 bits per heavy atom. The molecule has 0 atom stereocenters. The number of hydrogen-bond acceptors (Lipinski definition) is 4. The van der Waals surface area contributed by atoms with Crippen molar-refractivity contribution in [2.24, 2.45) is 4.99 Å². The standard InChI is InChI=1S/C25H23ClN4O2/c1-15-6-8-18(11-17(15)3)22-13-24(32)30(25-21(29-22)5-4-10-27-25)14-23(31)28-19-9-7-16(2)20(26)12-19/h4-12H,13-14H2,1-3H3,(H,28,31). The summed E-state index contributed by atoms with van der Waals surface area (Å²) in [5.74, 6) is -0.213. The monoisotopic (exact) mass is 446 g/mol. The second-order valence-corrected chi connectivity index (χ2v) is 8.28. The number of amides is 2. The Hall–Kier alpha value is -3.51. The summed E-state index contributed by atoms with van der Waals surface area (Å²) in [6.45, 7) is 5.78. The molecule has 162 valence electrons. The van der Waals surface area contributed by atoms with Crippen LogP contribution in [0.15, 0.2) is 59.7 Å². The molecule has 0 saturated carbocycles. The van der Waals surface area contributed by atoms with Crippen molar-refractivity contribution in [3.8, 4) is 0 Å². The maximum atomic E-state index is 13.2. The zero-order chi connectivity index (χ0) is 22.8. The van der Waals surface area contributed by atoms with Crippen LogP contribution in [0.2, 0.25) is 5.02 Å². The average molecular weight is 447 g/mol. The van der Waals surface area contributed by atoms with Gasteiger partial charge in [0.25, 0.3) is 0 Å². The molecule has 0 unspecified atom stereocenters. The van der Waals surface area contributed by atoms with E-state index in [1.165, 1.54) is 10.5 Å². The van der Waals surface area contributed by atoms with Crippen LogP contribution in [0.25, 0.3) is 0 Å². The lowest BCUT2D eigenvalue weighted by atomic mass is 10.0. The lowest BCUT2D eigenvalue weighted by Crippen LogP contribution is -2.39. The van der Waals surface area contributed by atoms with Gasteiger partial charge in [0.2, 0.25) is 11.8 Å². The van der Waals surface area contributed by atoms with E-state index in [0.717, 1.165) is 16.7 Å². The van der Waals surface area contributed by atoms with E-state index in [9.17, 15) is 9.59 Å². The summed E-state index contributed by atoms with van der Waals surface area (Å²) in [6.07, 6.45) is 1.66. The fraction of sp³-hybridized carbons (Fsp3) is 0.200. The molecule has 0 saturated heterocycles. The Morgan fingerprint density at radius 1 is 1.06 bits per heavy atom. The Morgan fingerprint density at radius 3 is 2.59 bits per heavy atom. The van der Waals surface area contributed by atoms with Crippen molar-refractivity contribution in [3.05, 3.63) is 82.0 Å². The van der Waals surface area contributed by atoms with E-state index in [4.69, 9.17) is 16.6 Å². The molecule has 7 heteroatoms. The molecule has 0 fully saturated rings. The van der Waals surface area contributed by atoms with E-state index in [2.05, 4.69) is 10.3 Å². The third-order valence-corrected chi connectivity index (χ3v) is 5.90. The van der Waals surface area contributed by atoms with Gasteiger partial charge in [-0.3, -0.25) is 14.5 Å². The van der Waals surface area contributed by atoms with Gasteiger partial charge in [-0.25, -0.2) is 9.98 Å². The molecule has 0 radical (unpaired) electrons. The summed E-state index contributed by atoms with van der Waals surface area (Å²) in [5.41, 5.74) is 5.88.